The van der Waals surface area contributed by atoms with Crippen molar-refractivity contribution in [1.29, 1.82) is 0 Å². The predicted octanol–water partition coefficient (Wildman–Crippen LogP) is 3.52. The quantitative estimate of drug-likeness (QED) is 0.737. The zero-order chi connectivity index (χ0) is 13.9. The Morgan fingerprint density at radius 2 is 1.71 bits per heavy atom. The Morgan fingerprint density at radius 1 is 1.24 bits per heavy atom. The van der Waals surface area contributed by atoms with Crippen LogP contribution in [-0.2, 0) is 4.79 Å². The van der Waals surface area contributed by atoms with Crippen LogP contribution in [0.4, 0.5) is 0 Å². The van der Waals surface area contributed by atoms with Crippen molar-refractivity contribution in [3.63, 3.8) is 0 Å². The Balaban J connectivity index is 0. The van der Waals surface area contributed by atoms with E-state index in [0.29, 0.717) is 0 Å². The first-order chi connectivity index (χ1) is 7.89. The summed E-state index contributed by atoms with van der Waals surface area (Å²) in [4.78, 5) is 10.7. The minimum absolute atomic E-state index is 0.332. The maximum atomic E-state index is 10.7. The zero-order valence-corrected chi connectivity index (χ0v) is 12.8. The molecule has 0 aromatic rings. The van der Waals surface area contributed by atoms with Gasteiger partial charge < -0.3 is 10.8 Å². The third kappa shape index (κ3) is 8.50. The molecule has 17 heavy (non-hydrogen) atoms. The molecule has 0 heterocycles. The fourth-order valence-electron chi connectivity index (χ4n) is 1.01. The highest BCUT2D eigenvalue weighted by molar-refractivity contribution is 8.00. The van der Waals surface area contributed by atoms with Crippen molar-refractivity contribution in [2.45, 2.75) is 71.1 Å². The van der Waals surface area contributed by atoms with Crippen LogP contribution in [0.25, 0.3) is 0 Å². The summed E-state index contributed by atoms with van der Waals surface area (Å²) in [5, 5.41) is 8.81. The molecule has 0 amide bonds. The zero-order valence-electron chi connectivity index (χ0n) is 12.0. The molecule has 0 aliphatic heterocycles. The smallest absolute Gasteiger partial charge is 0.321 e. The molecule has 3 nitrogen and oxygen atoms in total. The van der Waals surface area contributed by atoms with Crippen LogP contribution in [0, 0.1) is 0 Å². The highest BCUT2D eigenvalue weighted by atomic mass is 32.2. The van der Waals surface area contributed by atoms with Gasteiger partial charge in [-0.15, -0.1) is 0 Å². The summed E-state index contributed by atoms with van der Waals surface area (Å²) in [5.74, 6) is 0.0543. The number of aliphatic carboxylic acids is 1. The second-order valence-corrected chi connectivity index (χ2v) is 5.96. The first-order valence-electron chi connectivity index (χ1n) is 6.51. The average molecular weight is 263 g/mol. The van der Waals surface area contributed by atoms with E-state index in [-0.39, 0.29) is 4.75 Å². The van der Waals surface area contributed by atoms with E-state index in [0.717, 1.165) is 18.6 Å². The minimum Gasteiger partial charge on any atom is -0.480 e. The van der Waals surface area contributed by atoms with Gasteiger partial charge in [-0.3, -0.25) is 4.79 Å². The SMILES string of the molecule is CCCC.CCCSC(C)(CC)C(N)C(=O)O. The summed E-state index contributed by atoms with van der Waals surface area (Å²) in [6.07, 6.45) is 4.47. The number of hydrogen-bond acceptors (Lipinski definition) is 3. The summed E-state index contributed by atoms with van der Waals surface area (Å²) in [5.41, 5.74) is 5.63. The average Bonchev–Trinajstić information content (AvgIpc) is 2.35. The number of thioether (sulfide) groups is 1. The number of unbranched alkanes of at least 4 members (excludes halogenated alkanes) is 1. The molecular weight excluding hydrogens is 234 g/mol. The topological polar surface area (TPSA) is 63.3 Å². The lowest BCUT2D eigenvalue weighted by molar-refractivity contribution is -0.139. The third-order valence-electron chi connectivity index (χ3n) is 2.76. The predicted molar refractivity (Wildman–Crippen MR) is 77.6 cm³/mol. The fraction of sp³-hybridized carbons (Fsp3) is 0.923. The Hall–Kier alpha value is -0.220. The molecule has 2 atom stereocenters. The molecular formula is C13H29NO2S. The number of rotatable bonds is 7. The molecule has 0 aliphatic rings. The molecule has 0 bridgehead atoms. The van der Waals surface area contributed by atoms with Gasteiger partial charge in [-0.05, 0) is 25.5 Å². The third-order valence-corrected chi connectivity index (χ3v) is 4.58. The van der Waals surface area contributed by atoms with Crippen LogP contribution < -0.4 is 5.73 Å². The molecule has 0 radical (unpaired) electrons. The number of nitrogens with two attached hydrogens (primary N) is 1. The summed E-state index contributed by atoms with van der Waals surface area (Å²) in [6.45, 7) is 10.3. The van der Waals surface area contributed by atoms with Crippen molar-refractivity contribution < 1.29 is 9.90 Å². The number of carboxylic acids is 1. The molecule has 0 saturated carbocycles. The molecule has 0 aromatic heterocycles. The fourth-order valence-corrected chi connectivity index (χ4v) is 2.16. The van der Waals surface area contributed by atoms with Gasteiger partial charge in [-0.1, -0.05) is 40.5 Å². The van der Waals surface area contributed by atoms with Gasteiger partial charge in [0.15, 0.2) is 0 Å². The second kappa shape index (κ2) is 10.9. The van der Waals surface area contributed by atoms with Crippen LogP contribution in [0.3, 0.4) is 0 Å². The number of carbonyl (C=O) groups is 1. The molecule has 2 unspecified atom stereocenters. The van der Waals surface area contributed by atoms with Gasteiger partial charge in [-0.2, -0.15) is 11.8 Å². The van der Waals surface area contributed by atoms with E-state index < -0.39 is 12.0 Å². The number of carboxylic acid groups (broad SMARTS) is 1. The van der Waals surface area contributed by atoms with Gasteiger partial charge in [0.05, 0.1) is 0 Å². The molecule has 0 fully saturated rings. The Morgan fingerprint density at radius 3 is 1.94 bits per heavy atom. The minimum atomic E-state index is -0.909. The lowest BCUT2D eigenvalue weighted by atomic mass is 9.99. The largest absolute Gasteiger partial charge is 0.480 e. The first kappa shape index (κ1) is 19.1. The van der Waals surface area contributed by atoms with Crippen LogP contribution in [0.15, 0.2) is 0 Å². The van der Waals surface area contributed by atoms with Crippen LogP contribution in [0.5, 0.6) is 0 Å². The van der Waals surface area contributed by atoms with Crippen molar-refractivity contribution in [2.24, 2.45) is 5.73 Å². The molecule has 0 aromatic carbocycles. The standard InChI is InChI=1S/C9H19NO2S.C4H10/c1-4-6-13-9(3,5-2)7(10)8(11)12;1-3-4-2/h7H,4-6,10H2,1-3H3,(H,11,12);3-4H2,1-2H3. The molecule has 0 spiro atoms. The molecule has 0 rings (SSSR count). The van der Waals surface area contributed by atoms with E-state index in [9.17, 15) is 4.79 Å². The maximum Gasteiger partial charge on any atom is 0.321 e. The molecule has 0 aliphatic carbocycles. The van der Waals surface area contributed by atoms with Gasteiger partial charge in [0.1, 0.15) is 6.04 Å². The van der Waals surface area contributed by atoms with E-state index in [2.05, 4.69) is 20.8 Å². The van der Waals surface area contributed by atoms with Gasteiger partial charge in [0.25, 0.3) is 0 Å². The van der Waals surface area contributed by atoms with E-state index in [4.69, 9.17) is 10.8 Å². The summed E-state index contributed by atoms with van der Waals surface area (Å²) in [7, 11) is 0. The molecule has 4 heteroatoms. The summed E-state index contributed by atoms with van der Waals surface area (Å²) in [6, 6.07) is -0.769. The Labute approximate surface area is 111 Å². The highest BCUT2D eigenvalue weighted by Gasteiger charge is 2.34. The molecule has 3 N–H and O–H groups in total. The van der Waals surface area contributed by atoms with E-state index in [1.165, 1.54) is 12.8 Å². The van der Waals surface area contributed by atoms with E-state index in [1.54, 1.807) is 11.8 Å². The highest BCUT2D eigenvalue weighted by Crippen LogP contribution is 2.31. The van der Waals surface area contributed by atoms with Crippen LogP contribution in [0.1, 0.15) is 60.3 Å². The molecule has 104 valence electrons. The van der Waals surface area contributed by atoms with Crippen molar-refractivity contribution in [3.8, 4) is 0 Å². The lowest BCUT2D eigenvalue weighted by Gasteiger charge is -2.31. The first-order valence-corrected chi connectivity index (χ1v) is 7.50. The van der Waals surface area contributed by atoms with Gasteiger partial charge >= 0.3 is 5.97 Å². The van der Waals surface area contributed by atoms with Crippen molar-refractivity contribution >= 4 is 17.7 Å². The van der Waals surface area contributed by atoms with Crippen molar-refractivity contribution in [1.82, 2.24) is 0 Å². The summed E-state index contributed by atoms with van der Waals surface area (Å²) >= 11 is 1.65. The molecule has 0 saturated heterocycles. The Kier molecular flexibility index (Phi) is 12.3. The van der Waals surface area contributed by atoms with Gasteiger partial charge in [0.2, 0.25) is 0 Å². The monoisotopic (exact) mass is 263 g/mol. The van der Waals surface area contributed by atoms with Crippen LogP contribution in [-0.4, -0.2) is 27.6 Å². The lowest BCUT2D eigenvalue weighted by Crippen LogP contribution is -2.48. The maximum absolute atomic E-state index is 10.7. The van der Waals surface area contributed by atoms with Gasteiger partial charge in [-0.25, -0.2) is 0 Å². The number of hydrogen-bond donors (Lipinski definition) is 2. The second-order valence-electron chi connectivity index (χ2n) is 4.33. The normalized spacial score (nSPS) is 15.4. The Bertz CT molecular complexity index is 198. The summed E-state index contributed by atoms with van der Waals surface area (Å²) < 4.78 is -0.332. The van der Waals surface area contributed by atoms with Gasteiger partial charge in [0, 0.05) is 4.75 Å². The van der Waals surface area contributed by atoms with Crippen molar-refractivity contribution in [2.75, 3.05) is 5.75 Å². The van der Waals surface area contributed by atoms with E-state index >= 15 is 0 Å². The van der Waals surface area contributed by atoms with Crippen LogP contribution >= 0.6 is 11.8 Å². The van der Waals surface area contributed by atoms with Crippen molar-refractivity contribution in [3.05, 3.63) is 0 Å². The van der Waals surface area contributed by atoms with Crippen LogP contribution in [0.2, 0.25) is 0 Å². The van der Waals surface area contributed by atoms with E-state index in [1.807, 2.05) is 13.8 Å².